The Labute approximate surface area is 57.8 Å². The van der Waals surface area contributed by atoms with Gasteiger partial charge in [-0.2, -0.15) is 0 Å². The molecule has 10 heavy (non-hydrogen) atoms. The molecule has 0 radical (unpaired) electrons. The van der Waals surface area contributed by atoms with Crippen LogP contribution >= 0.6 is 0 Å². The van der Waals surface area contributed by atoms with Crippen molar-refractivity contribution in [1.29, 1.82) is 0 Å². The second-order valence-corrected chi connectivity index (χ2v) is 2.12. The summed E-state index contributed by atoms with van der Waals surface area (Å²) in [5.74, 6) is -2.78. The first-order chi connectivity index (χ1) is 4.61. The smallest absolute Gasteiger partial charge is 0.305 e. The van der Waals surface area contributed by atoms with Crippen molar-refractivity contribution in [2.24, 2.45) is 0 Å². The van der Waals surface area contributed by atoms with Crippen molar-refractivity contribution in [1.82, 2.24) is 0 Å². The molecule has 1 unspecified atom stereocenters. The molecule has 60 valence electrons. The van der Waals surface area contributed by atoms with E-state index in [9.17, 15) is 0 Å². The lowest BCUT2D eigenvalue weighted by molar-refractivity contribution is -0.374. The molecule has 0 aromatic heterocycles. The first-order valence-corrected chi connectivity index (χ1v) is 2.97. The van der Waals surface area contributed by atoms with Crippen LogP contribution < -0.4 is 0 Å². The van der Waals surface area contributed by atoms with E-state index in [-0.39, 0.29) is 13.2 Å². The molecule has 1 aliphatic rings. The van der Waals surface area contributed by atoms with Crippen molar-refractivity contribution in [3.63, 3.8) is 0 Å². The summed E-state index contributed by atoms with van der Waals surface area (Å²) in [4.78, 5) is 0. The van der Waals surface area contributed by atoms with Gasteiger partial charge < -0.3 is 24.8 Å². The van der Waals surface area contributed by atoms with Crippen molar-refractivity contribution >= 4 is 0 Å². The Kier molecular flexibility index (Phi) is 2.22. The van der Waals surface area contributed by atoms with E-state index in [1.807, 2.05) is 0 Å². The van der Waals surface area contributed by atoms with Gasteiger partial charge in [0.25, 0.3) is 0 Å². The van der Waals surface area contributed by atoms with Crippen LogP contribution in [0.5, 0.6) is 0 Å². The van der Waals surface area contributed by atoms with Gasteiger partial charge in [-0.15, -0.1) is 0 Å². The van der Waals surface area contributed by atoms with Crippen LogP contribution in [-0.4, -0.2) is 47.2 Å². The molecule has 0 saturated carbocycles. The molecule has 5 heteroatoms. The monoisotopic (exact) mass is 150 g/mol. The molecule has 0 spiro atoms. The highest BCUT2D eigenvalue weighted by atomic mass is 16.7. The zero-order valence-corrected chi connectivity index (χ0v) is 5.36. The minimum atomic E-state index is -2.78. The molecular weight excluding hydrogens is 140 g/mol. The SMILES string of the molecule is OC(O)(O)C1COCCO1. The van der Waals surface area contributed by atoms with Crippen LogP contribution in [0, 0.1) is 0 Å². The normalized spacial score (nSPS) is 28.5. The Balaban J connectivity index is 2.39. The van der Waals surface area contributed by atoms with Crippen molar-refractivity contribution in [2.45, 2.75) is 12.1 Å². The van der Waals surface area contributed by atoms with Gasteiger partial charge in [0.1, 0.15) is 0 Å². The third kappa shape index (κ3) is 1.89. The van der Waals surface area contributed by atoms with E-state index < -0.39 is 12.1 Å². The molecule has 0 aromatic rings. The predicted octanol–water partition coefficient (Wildman–Crippen LogP) is -1.97. The number of aliphatic hydroxyl groups is 3. The summed E-state index contributed by atoms with van der Waals surface area (Å²) < 4.78 is 9.57. The maximum Gasteiger partial charge on any atom is 0.305 e. The minimum absolute atomic E-state index is 0.00347. The molecule has 0 aliphatic carbocycles. The summed E-state index contributed by atoms with van der Waals surface area (Å²) in [6.07, 6.45) is -1.05. The summed E-state index contributed by atoms with van der Waals surface area (Å²) in [6, 6.07) is 0. The van der Waals surface area contributed by atoms with Crippen molar-refractivity contribution in [3.05, 3.63) is 0 Å². The predicted molar refractivity (Wildman–Crippen MR) is 29.9 cm³/mol. The lowest BCUT2D eigenvalue weighted by Crippen LogP contribution is -2.49. The number of hydrogen-bond donors (Lipinski definition) is 3. The van der Waals surface area contributed by atoms with Gasteiger partial charge in [0.15, 0.2) is 6.10 Å². The van der Waals surface area contributed by atoms with Gasteiger partial charge >= 0.3 is 5.97 Å². The highest BCUT2D eigenvalue weighted by Gasteiger charge is 2.34. The average molecular weight is 150 g/mol. The highest BCUT2D eigenvalue weighted by Crippen LogP contribution is 2.10. The number of ether oxygens (including phenoxy) is 2. The third-order valence-corrected chi connectivity index (χ3v) is 1.25. The highest BCUT2D eigenvalue weighted by molar-refractivity contribution is 4.67. The fourth-order valence-electron chi connectivity index (χ4n) is 0.711. The van der Waals surface area contributed by atoms with Crippen LogP contribution in [0.25, 0.3) is 0 Å². The van der Waals surface area contributed by atoms with Crippen LogP contribution in [0.15, 0.2) is 0 Å². The Bertz CT molecular complexity index is 101. The van der Waals surface area contributed by atoms with E-state index in [2.05, 4.69) is 0 Å². The largest absolute Gasteiger partial charge is 0.376 e. The standard InChI is InChI=1S/C5H10O5/c6-5(7,8)4-3-9-1-2-10-4/h4,6-8H,1-3H2. The molecule has 0 amide bonds. The Morgan fingerprint density at radius 3 is 2.20 bits per heavy atom. The summed E-state index contributed by atoms with van der Waals surface area (Å²) in [5, 5.41) is 25.6. The van der Waals surface area contributed by atoms with E-state index >= 15 is 0 Å². The van der Waals surface area contributed by atoms with E-state index in [0.717, 1.165) is 0 Å². The molecule has 3 N–H and O–H groups in total. The van der Waals surface area contributed by atoms with Gasteiger partial charge in [0.2, 0.25) is 0 Å². The summed E-state index contributed by atoms with van der Waals surface area (Å²) in [7, 11) is 0. The summed E-state index contributed by atoms with van der Waals surface area (Å²) >= 11 is 0. The van der Waals surface area contributed by atoms with Gasteiger partial charge in [0.05, 0.1) is 19.8 Å². The van der Waals surface area contributed by atoms with Crippen molar-refractivity contribution in [2.75, 3.05) is 19.8 Å². The van der Waals surface area contributed by atoms with Gasteiger partial charge in [-0.1, -0.05) is 0 Å². The maximum atomic E-state index is 8.55. The van der Waals surface area contributed by atoms with Gasteiger partial charge in [0, 0.05) is 0 Å². The Hall–Kier alpha value is -0.200. The first-order valence-electron chi connectivity index (χ1n) is 2.97. The molecule has 1 saturated heterocycles. The zero-order valence-electron chi connectivity index (χ0n) is 5.36. The number of rotatable bonds is 1. The quantitative estimate of drug-likeness (QED) is 0.378. The third-order valence-electron chi connectivity index (χ3n) is 1.25. The Morgan fingerprint density at radius 2 is 1.90 bits per heavy atom. The molecule has 1 rings (SSSR count). The van der Waals surface area contributed by atoms with Crippen LogP contribution in [0.1, 0.15) is 0 Å². The van der Waals surface area contributed by atoms with Crippen LogP contribution in [0.3, 0.4) is 0 Å². The topological polar surface area (TPSA) is 79.2 Å². The first kappa shape index (κ1) is 7.90. The lowest BCUT2D eigenvalue weighted by Gasteiger charge is -2.28. The summed E-state index contributed by atoms with van der Waals surface area (Å²) in [5.41, 5.74) is 0. The molecule has 1 heterocycles. The van der Waals surface area contributed by atoms with Gasteiger partial charge in [-0.05, 0) is 0 Å². The summed E-state index contributed by atoms with van der Waals surface area (Å²) in [6.45, 7) is 0.699. The molecule has 1 fully saturated rings. The van der Waals surface area contributed by atoms with Crippen LogP contribution in [0.2, 0.25) is 0 Å². The molecule has 0 aromatic carbocycles. The van der Waals surface area contributed by atoms with E-state index in [4.69, 9.17) is 24.8 Å². The fourth-order valence-corrected chi connectivity index (χ4v) is 0.711. The van der Waals surface area contributed by atoms with Crippen LogP contribution in [0.4, 0.5) is 0 Å². The van der Waals surface area contributed by atoms with E-state index in [1.165, 1.54) is 0 Å². The Morgan fingerprint density at radius 1 is 1.20 bits per heavy atom. The fraction of sp³-hybridized carbons (Fsp3) is 1.00. The van der Waals surface area contributed by atoms with E-state index in [0.29, 0.717) is 6.61 Å². The van der Waals surface area contributed by atoms with E-state index in [1.54, 1.807) is 0 Å². The maximum absolute atomic E-state index is 8.55. The second-order valence-electron chi connectivity index (χ2n) is 2.12. The van der Waals surface area contributed by atoms with Crippen LogP contribution in [-0.2, 0) is 9.47 Å². The zero-order chi connectivity index (χ0) is 7.61. The molecular formula is C5H10O5. The van der Waals surface area contributed by atoms with Gasteiger partial charge in [-0.25, -0.2) is 0 Å². The molecule has 1 aliphatic heterocycles. The van der Waals surface area contributed by atoms with Gasteiger partial charge in [-0.3, -0.25) is 0 Å². The minimum Gasteiger partial charge on any atom is -0.376 e. The molecule has 1 atom stereocenters. The second kappa shape index (κ2) is 2.81. The number of hydrogen-bond acceptors (Lipinski definition) is 5. The molecule has 0 bridgehead atoms. The van der Waals surface area contributed by atoms with Crippen molar-refractivity contribution < 1.29 is 24.8 Å². The molecule has 5 nitrogen and oxygen atoms in total. The average Bonchev–Trinajstić information content (AvgIpc) is 1.88. The van der Waals surface area contributed by atoms with Crippen molar-refractivity contribution in [3.8, 4) is 0 Å². The lowest BCUT2D eigenvalue weighted by atomic mass is 10.3.